The molecule has 0 spiro atoms. The second-order valence-electron chi connectivity index (χ2n) is 4.18. The van der Waals surface area contributed by atoms with Gasteiger partial charge in [0.05, 0.1) is 6.61 Å². The number of hydrogen-bond acceptors (Lipinski definition) is 1. The number of ether oxygens (including phenoxy) is 1. The second-order valence-corrected chi connectivity index (χ2v) is 4.18. The van der Waals surface area contributed by atoms with Crippen LogP contribution >= 0.6 is 0 Å². The van der Waals surface area contributed by atoms with Crippen molar-refractivity contribution in [3.63, 3.8) is 0 Å². The minimum Gasteiger partial charge on any atom is -0.380 e. The molecule has 2 heteroatoms. The molecular formula is C14H21FO. The molecule has 90 valence electrons. The van der Waals surface area contributed by atoms with E-state index < -0.39 is 0 Å². The van der Waals surface area contributed by atoms with E-state index in [1.54, 1.807) is 13.2 Å². The van der Waals surface area contributed by atoms with Crippen molar-refractivity contribution in [1.29, 1.82) is 0 Å². The largest absolute Gasteiger partial charge is 0.380 e. The Labute approximate surface area is 97.6 Å². The smallest absolute Gasteiger partial charge is 0.128 e. The van der Waals surface area contributed by atoms with Gasteiger partial charge >= 0.3 is 0 Å². The SMILES string of the molecule is CCCC(CC)c1ccc(F)c(COC)c1. The molecule has 0 N–H and O–H groups in total. The first-order valence-corrected chi connectivity index (χ1v) is 6.00. The third-order valence-corrected chi connectivity index (χ3v) is 2.97. The lowest BCUT2D eigenvalue weighted by Gasteiger charge is -2.15. The molecule has 1 nitrogen and oxygen atoms in total. The van der Waals surface area contributed by atoms with E-state index in [-0.39, 0.29) is 5.82 Å². The number of benzene rings is 1. The molecule has 0 aliphatic carbocycles. The Bertz CT molecular complexity index is 323. The molecule has 1 aromatic carbocycles. The standard InChI is InChI=1S/C14H21FO/c1-4-6-11(5-2)12-7-8-14(15)13(9-12)10-16-3/h7-9,11H,4-6,10H2,1-3H3. The number of halogens is 1. The van der Waals surface area contributed by atoms with E-state index in [0.29, 0.717) is 18.1 Å². The molecule has 0 heterocycles. The fraction of sp³-hybridized carbons (Fsp3) is 0.571. The minimum absolute atomic E-state index is 0.169. The van der Waals surface area contributed by atoms with Crippen LogP contribution in [0.1, 0.15) is 50.2 Å². The molecule has 0 amide bonds. The van der Waals surface area contributed by atoms with Gasteiger partial charge in [-0.3, -0.25) is 0 Å². The molecule has 0 fully saturated rings. The van der Waals surface area contributed by atoms with E-state index in [0.717, 1.165) is 19.3 Å². The van der Waals surface area contributed by atoms with Crippen LogP contribution in [-0.2, 0) is 11.3 Å². The molecule has 16 heavy (non-hydrogen) atoms. The monoisotopic (exact) mass is 224 g/mol. The van der Waals surface area contributed by atoms with Crippen LogP contribution in [0.3, 0.4) is 0 Å². The van der Waals surface area contributed by atoms with Gasteiger partial charge in [-0.25, -0.2) is 4.39 Å². The molecular weight excluding hydrogens is 203 g/mol. The topological polar surface area (TPSA) is 9.23 Å². The molecule has 0 aromatic heterocycles. The third kappa shape index (κ3) is 3.31. The summed E-state index contributed by atoms with van der Waals surface area (Å²) >= 11 is 0. The predicted octanol–water partition coefficient (Wildman–Crippen LogP) is 4.27. The van der Waals surface area contributed by atoms with Crippen LogP contribution in [0.25, 0.3) is 0 Å². The van der Waals surface area contributed by atoms with Crippen LogP contribution in [0.15, 0.2) is 18.2 Å². The molecule has 1 atom stereocenters. The summed E-state index contributed by atoms with van der Waals surface area (Å²) in [5, 5.41) is 0. The maximum Gasteiger partial charge on any atom is 0.128 e. The molecule has 1 unspecified atom stereocenters. The zero-order valence-electron chi connectivity index (χ0n) is 10.4. The van der Waals surface area contributed by atoms with Gasteiger partial charge in [0.2, 0.25) is 0 Å². The summed E-state index contributed by atoms with van der Waals surface area (Å²) in [6.45, 7) is 4.71. The summed E-state index contributed by atoms with van der Waals surface area (Å²) in [5.41, 5.74) is 1.90. The lowest BCUT2D eigenvalue weighted by Crippen LogP contribution is -2.00. The second kappa shape index (κ2) is 6.64. The van der Waals surface area contributed by atoms with Gasteiger partial charge in [-0.2, -0.15) is 0 Å². The van der Waals surface area contributed by atoms with Crippen molar-refractivity contribution < 1.29 is 9.13 Å². The summed E-state index contributed by atoms with van der Waals surface area (Å²) in [6.07, 6.45) is 3.43. The molecule has 1 aromatic rings. The van der Waals surface area contributed by atoms with Crippen molar-refractivity contribution in [3.05, 3.63) is 35.1 Å². The van der Waals surface area contributed by atoms with Crippen molar-refractivity contribution in [2.45, 2.75) is 45.6 Å². The highest BCUT2D eigenvalue weighted by atomic mass is 19.1. The van der Waals surface area contributed by atoms with E-state index in [1.807, 2.05) is 12.1 Å². The number of methoxy groups -OCH3 is 1. The van der Waals surface area contributed by atoms with E-state index >= 15 is 0 Å². The normalized spacial score (nSPS) is 12.8. The van der Waals surface area contributed by atoms with Gasteiger partial charge in [-0.05, 0) is 30.4 Å². The van der Waals surface area contributed by atoms with Crippen LogP contribution in [0.2, 0.25) is 0 Å². The van der Waals surface area contributed by atoms with Crippen LogP contribution in [-0.4, -0.2) is 7.11 Å². The highest BCUT2D eigenvalue weighted by molar-refractivity contribution is 5.27. The van der Waals surface area contributed by atoms with Crippen molar-refractivity contribution in [2.75, 3.05) is 7.11 Å². The van der Waals surface area contributed by atoms with Gasteiger partial charge in [0, 0.05) is 12.7 Å². The Morgan fingerprint density at radius 2 is 2.06 bits per heavy atom. The van der Waals surface area contributed by atoms with Gasteiger partial charge in [0.25, 0.3) is 0 Å². The molecule has 0 aliphatic heterocycles. The Morgan fingerprint density at radius 3 is 2.62 bits per heavy atom. The van der Waals surface area contributed by atoms with E-state index in [4.69, 9.17) is 4.74 Å². The summed E-state index contributed by atoms with van der Waals surface area (Å²) in [7, 11) is 1.59. The lowest BCUT2D eigenvalue weighted by molar-refractivity contribution is 0.181. The Balaban J connectivity index is 2.91. The summed E-state index contributed by atoms with van der Waals surface area (Å²) in [5.74, 6) is 0.373. The lowest BCUT2D eigenvalue weighted by atomic mass is 9.91. The van der Waals surface area contributed by atoms with Gasteiger partial charge < -0.3 is 4.74 Å². The molecule has 0 saturated heterocycles. The maximum absolute atomic E-state index is 13.4. The zero-order valence-corrected chi connectivity index (χ0v) is 10.4. The first-order valence-electron chi connectivity index (χ1n) is 6.00. The van der Waals surface area contributed by atoms with Crippen molar-refractivity contribution in [2.24, 2.45) is 0 Å². The average molecular weight is 224 g/mol. The van der Waals surface area contributed by atoms with Gasteiger partial charge in [0.15, 0.2) is 0 Å². The van der Waals surface area contributed by atoms with Gasteiger partial charge in [-0.15, -0.1) is 0 Å². The molecule has 0 radical (unpaired) electrons. The number of hydrogen-bond donors (Lipinski definition) is 0. The summed E-state index contributed by atoms with van der Waals surface area (Å²) in [6, 6.07) is 5.41. The van der Waals surface area contributed by atoms with Crippen LogP contribution < -0.4 is 0 Å². The summed E-state index contributed by atoms with van der Waals surface area (Å²) in [4.78, 5) is 0. The van der Waals surface area contributed by atoms with Crippen molar-refractivity contribution in [1.82, 2.24) is 0 Å². The van der Waals surface area contributed by atoms with Crippen LogP contribution in [0.5, 0.6) is 0 Å². The third-order valence-electron chi connectivity index (χ3n) is 2.97. The highest BCUT2D eigenvalue weighted by Crippen LogP contribution is 2.26. The fourth-order valence-corrected chi connectivity index (χ4v) is 2.07. The molecule has 0 saturated carbocycles. The van der Waals surface area contributed by atoms with Gasteiger partial charge in [0.1, 0.15) is 5.82 Å². The van der Waals surface area contributed by atoms with Crippen molar-refractivity contribution in [3.8, 4) is 0 Å². The molecule has 0 bridgehead atoms. The van der Waals surface area contributed by atoms with E-state index in [1.165, 1.54) is 5.56 Å². The minimum atomic E-state index is -0.169. The van der Waals surface area contributed by atoms with E-state index in [2.05, 4.69) is 13.8 Å². The highest BCUT2D eigenvalue weighted by Gasteiger charge is 2.11. The first-order chi connectivity index (χ1) is 7.72. The fourth-order valence-electron chi connectivity index (χ4n) is 2.07. The van der Waals surface area contributed by atoms with Crippen LogP contribution in [0.4, 0.5) is 4.39 Å². The Hall–Kier alpha value is -0.890. The van der Waals surface area contributed by atoms with Crippen molar-refractivity contribution >= 4 is 0 Å². The number of rotatable bonds is 6. The maximum atomic E-state index is 13.4. The molecule has 0 aliphatic rings. The Kier molecular flexibility index (Phi) is 5.47. The van der Waals surface area contributed by atoms with Gasteiger partial charge in [-0.1, -0.05) is 32.4 Å². The zero-order chi connectivity index (χ0) is 12.0. The van der Waals surface area contributed by atoms with E-state index in [9.17, 15) is 4.39 Å². The average Bonchev–Trinajstić information content (AvgIpc) is 2.29. The summed E-state index contributed by atoms with van der Waals surface area (Å²) < 4.78 is 18.4. The Morgan fingerprint density at radius 1 is 1.31 bits per heavy atom. The first kappa shape index (κ1) is 13.2. The quantitative estimate of drug-likeness (QED) is 0.701. The predicted molar refractivity (Wildman–Crippen MR) is 65.1 cm³/mol. The molecule has 1 rings (SSSR count). The van der Waals surface area contributed by atoms with Crippen LogP contribution in [0, 0.1) is 5.82 Å².